The van der Waals surface area contributed by atoms with E-state index in [9.17, 15) is 18.0 Å². The first-order valence-corrected chi connectivity index (χ1v) is 12.4. The molecule has 4 nitrogen and oxygen atoms in total. The fourth-order valence-corrected chi connectivity index (χ4v) is 5.11. The molecule has 0 spiro atoms. The molecule has 4 rings (SSSR count). The zero-order chi connectivity index (χ0) is 24.1. The van der Waals surface area contributed by atoms with Crippen molar-refractivity contribution < 1.29 is 18.0 Å². The topological polar surface area (TPSA) is 35.6 Å². The molecule has 1 amide bonds. The summed E-state index contributed by atoms with van der Waals surface area (Å²) in [5.41, 5.74) is 0.311. The van der Waals surface area contributed by atoms with Crippen LogP contribution in [0.1, 0.15) is 54.4 Å². The Morgan fingerprint density at radius 3 is 2.41 bits per heavy atom. The third kappa shape index (κ3) is 6.45. The molecule has 0 aliphatic carbocycles. The van der Waals surface area contributed by atoms with E-state index in [4.69, 9.17) is 11.6 Å². The zero-order valence-corrected chi connectivity index (χ0v) is 20.0. The van der Waals surface area contributed by atoms with E-state index in [1.54, 1.807) is 18.2 Å². The van der Waals surface area contributed by atoms with E-state index in [-0.39, 0.29) is 5.69 Å². The Morgan fingerprint density at radius 2 is 1.74 bits per heavy atom. The van der Waals surface area contributed by atoms with Gasteiger partial charge in [0.25, 0.3) is 5.91 Å². The number of hydrogen-bond acceptors (Lipinski definition) is 3. The van der Waals surface area contributed by atoms with Gasteiger partial charge in [0.15, 0.2) is 0 Å². The van der Waals surface area contributed by atoms with Crippen molar-refractivity contribution in [1.29, 1.82) is 0 Å². The molecule has 2 heterocycles. The number of likely N-dealkylation sites (tertiary alicyclic amines) is 1. The predicted molar refractivity (Wildman–Crippen MR) is 131 cm³/mol. The Labute approximate surface area is 204 Å². The van der Waals surface area contributed by atoms with E-state index < -0.39 is 17.6 Å². The number of halogens is 4. The van der Waals surface area contributed by atoms with Gasteiger partial charge in [0.1, 0.15) is 0 Å². The Morgan fingerprint density at radius 1 is 1.00 bits per heavy atom. The molecule has 8 heteroatoms. The van der Waals surface area contributed by atoms with Gasteiger partial charge in [-0.25, -0.2) is 0 Å². The molecule has 0 atom stereocenters. The van der Waals surface area contributed by atoms with Gasteiger partial charge in [-0.3, -0.25) is 4.79 Å². The van der Waals surface area contributed by atoms with Gasteiger partial charge < -0.3 is 15.1 Å². The van der Waals surface area contributed by atoms with Gasteiger partial charge in [-0.2, -0.15) is 13.2 Å². The zero-order valence-electron chi connectivity index (χ0n) is 19.2. The normalized spacial score (nSPS) is 18.2. The third-order valence-electron chi connectivity index (χ3n) is 6.92. The molecule has 34 heavy (non-hydrogen) atoms. The van der Waals surface area contributed by atoms with Crippen molar-refractivity contribution in [3.8, 4) is 0 Å². The lowest BCUT2D eigenvalue weighted by Crippen LogP contribution is -2.36. The standard InChI is InChI=1S/C26H31ClF3N3O/c27-22-6-4-5-20(17-22)25(34)31-23-18-21(26(28,29)30)7-8-24(23)33-15-10-19(11-16-33)9-14-32-12-2-1-3-13-32/h4-8,17-19H,1-3,9-16H2,(H,31,34). The van der Waals surface area contributed by atoms with Gasteiger partial charge in [0.05, 0.1) is 16.9 Å². The van der Waals surface area contributed by atoms with E-state index in [1.807, 2.05) is 0 Å². The maximum Gasteiger partial charge on any atom is 0.416 e. The highest BCUT2D eigenvalue weighted by atomic mass is 35.5. The number of carbonyl (C=O) groups excluding carboxylic acids is 1. The lowest BCUT2D eigenvalue weighted by atomic mass is 9.92. The Balaban J connectivity index is 1.45. The number of nitrogens with zero attached hydrogens (tertiary/aromatic N) is 2. The molecule has 0 bridgehead atoms. The number of nitrogens with one attached hydrogen (secondary N) is 1. The van der Waals surface area contributed by atoms with Crippen LogP contribution in [0.25, 0.3) is 0 Å². The van der Waals surface area contributed by atoms with E-state index in [2.05, 4.69) is 15.1 Å². The first-order valence-electron chi connectivity index (χ1n) is 12.0. The van der Waals surface area contributed by atoms with Gasteiger partial charge in [-0.05, 0) is 94.1 Å². The van der Waals surface area contributed by atoms with Gasteiger partial charge in [0.2, 0.25) is 0 Å². The summed E-state index contributed by atoms with van der Waals surface area (Å²) in [4.78, 5) is 17.4. The van der Waals surface area contributed by atoms with E-state index >= 15 is 0 Å². The van der Waals surface area contributed by atoms with E-state index in [0.29, 0.717) is 22.2 Å². The summed E-state index contributed by atoms with van der Waals surface area (Å²) in [5, 5.41) is 3.09. The third-order valence-corrected chi connectivity index (χ3v) is 7.15. The molecule has 2 aromatic carbocycles. The minimum Gasteiger partial charge on any atom is -0.370 e. The lowest BCUT2D eigenvalue weighted by Gasteiger charge is -2.36. The van der Waals surface area contributed by atoms with Crippen LogP contribution in [0, 0.1) is 5.92 Å². The molecule has 2 aliphatic rings. The van der Waals surface area contributed by atoms with E-state index in [0.717, 1.165) is 44.6 Å². The highest BCUT2D eigenvalue weighted by Crippen LogP contribution is 2.37. The predicted octanol–water partition coefficient (Wildman–Crippen LogP) is 6.70. The fraction of sp³-hybridized carbons (Fsp3) is 0.500. The lowest BCUT2D eigenvalue weighted by molar-refractivity contribution is -0.137. The van der Waals surface area contributed by atoms with Crippen molar-refractivity contribution in [2.24, 2.45) is 5.92 Å². The fourth-order valence-electron chi connectivity index (χ4n) is 4.92. The molecular formula is C26H31ClF3N3O. The van der Waals surface area contributed by atoms with Gasteiger partial charge in [-0.15, -0.1) is 0 Å². The second-order valence-electron chi connectivity index (χ2n) is 9.32. The molecular weight excluding hydrogens is 463 g/mol. The molecule has 0 aromatic heterocycles. The summed E-state index contributed by atoms with van der Waals surface area (Å²) < 4.78 is 40.2. The van der Waals surface area contributed by atoms with Crippen molar-refractivity contribution in [3.05, 3.63) is 58.6 Å². The summed E-state index contributed by atoms with van der Waals surface area (Å²) in [7, 11) is 0. The van der Waals surface area contributed by atoms with Gasteiger partial charge in [-0.1, -0.05) is 24.1 Å². The number of benzene rings is 2. The minimum atomic E-state index is -4.49. The van der Waals surface area contributed by atoms with Crippen LogP contribution in [-0.2, 0) is 6.18 Å². The molecule has 2 aromatic rings. The molecule has 0 unspecified atom stereocenters. The Hall–Kier alpha value is -2.25. The monoisotopic (exact) mass is 493 g/mol. The molecule has 2 aliphatic heterocycles. The van der Waals surface area contributed by atoms with Gasteiger partial charge in [0, 0.05) is 23.7 Å². The molecule has 2 fully saturated rings. The number of rotatable bonds is 6. The number of piperidine rings is 2. The maximum absolute atomic E-state index is 13.4. The van der Waals surface area contributed by atoms with Crippen LogP contribution in [-0.4, -0.2) is 43.5 Å². The highest BCUT2D eigenvalue weighted by molar-refractivity contribution is 6.31. The van der Waals surface area contributed by atoms with Crippen LogP contribution in [0.2, 0.25) is 5.02 Å². The van der Waals surface area contributed by atoms with E-state index in [1.165, 1.54) is 50.9 Å². The average molecular weight is 494 g/mol. The van der Waals surface area contributed by atoms with Crippen molar-refractivity contribution in [1.82, 2.24) is 4.90 Å². The molecule has 2 saturated heterocycles. The van der Waals surface area contributed by atoms with Crippen molar-refractivity contribution in [2.45, 2.75) is 44.7 Å². The smallest absolute Gasteiger partial charge is 0.370 e. The molecule has 0 radical (unpaired) electrons. The first-order chi connectivity index (χ1) is 16.3. The molecule has 0 saturated carbocycles. The van der Waals surface area contributed by atoms with Crippen LogP contribution in [0.5, 0.6) is 0 Å². The number of carbonyl (C=O) groups is 1. The largest absolute Gasteiger partial charge is 0.416 e. The second-order valence-corrected chi connectivity index (χ2v) is 9.75. The van der Waals surface area contributed by atoms with Crippen LogP contribution >= 0.6 is 11.6 Å². The maximum atomic E-state index is 13.4. The minimum absolute atomic E-state index is 0.173. The summed E-state index contributed by atoms with van der Waals surface area (Å²) in [5.74, 6) is 0.136. The summed E-state index contributed by atoms with van der Waals surface area (Å²) in [6, 6.07) is 9.96. The summed E-state index contributed by atoms with van der Waals surface area (Å²) >= 11 is 5.98. The van der Waals surface area contributed by atoms with Crippen LogP contribution in [0.15, 0.2) is 42.5 Å². The number of hydrogen-bond donors (Lipinski definition) is 1. The van der Waals surface area contributed by atoms with Crippen molar-refractivity contribution >= 4 is 28.9 Å². The number of alkyl halides is 3. The second kappa shape index (κ2) is 11.0. The van der Waals surface area contributed by atoms with Crippen LogP contribution in [0.4, 0.5) is 24.5 Å². The van der Waals surface area contributed by atoms with Gasteiger partial charge >= 0.3 is 6.18 Å². The van der Waals surface area contributed by atoms with Crippen molar-refractivity contribution in [3.63, 3.8) is 0 Å². The molecule has 184 valence electrons. The number of amides is 1. The van der Waals surface area contributed by atoms with Crippen LogP contribution in [0.3, 0.4) is 0 Å². The highest BCUT2D eigenvalue weighted by Gasteiger charge is 2.32. The SMILES string of the molecule is O=C(Nc1cc(C(F)(F)F)ccc1N1CCC(CCN2CCCCC2)CC1)c1cccc(Cl)c1. The summed E-state index contributed by atoms with van der Waals surface area (Å²) in [6.07, 6.45) is 2.58. The average Bonchev–Trinajstić information content (AvgIpc) is 2.83. The Kier molecular flexibility index (Phi) is 8.04. The first kappa shape index (κ1) is 24.9. The molecule has 1 N–H and O–H groups in total. The van der Waals surface area contributed by atoms with Crippen LogP contribution < -0.4 is 10.2 Å². The quantitative estimate of drug-likeness (QED) is 0.486. The number of anilines is 2. The Bertz CT molecular complexity index is 983. The summed E-state index contributed by atoms with van der Waals surface area (Å²) in [6.45, 7) is 5.04. The van der Waals surface area contributed by atoms with Crippen molar-refractivity contribution in [2.75, 3.05) is 42.9 Å².